The fourth-order valence-electron chi connectivity index (χ4n) is 1.57. The molecule has 0 rings (SSSR count). The molecule has 0 fully saturated rings. The molecule has 0 aromatic heterocycles. The molecule has 0 spiro atoms. The summed E-state index contributed by atoms with van der Waals surface area (Å²) in [4.78, 5) is 2.54. The number of nitrogens with zero attached hydrogens (tertiary/aromatic N) is 1. The molecule has 0 bridgehead atoms. The second-order valence-corrected chi connectivity index (χ2v) is 4.34. The quantitative estimate of drug-likeness (QED) is 0.652. The first kappa shape index (κ1) is 13.9. The van der Waals surface area contributed by atoms with Crippen LogP contribution in [0.15, 0.2) is 0 Å². The highest BCUT2D eigenvalue weighted by atomic mass is 15.2. The molecule has 2 heteroatoms. The highest BCUT2D eigenvalue weighted by Gasteiger charge is 2.15. The Balaban J connectivity index is 3.94. The third-order valence-corrected chi connectivity index (χ3v) is 2.93. The van der Waals surface area contributed by atoms with E-state index < -0.39 is 0 Å². The molecule has 0 radical (unpaired) electrons. The number of hydrogen-bond donors (Lipinski definition) is 1. The van der Waals surface area contributed by atoms with Crippen molar-refractivity contribution in [1.82, 2.24) is 4.90 Å². The highest BCUT2D eigenvalue weighted by Crippen LogP contribution is 2.07. The minimum Gasteiger partial charge on any atom is -0.327 e. The first-order chi connectivity index (χ1) is 6.63. The van der Waals surface area contributed by atoms with Crippen molar-refractivity contribution in [3.8, 4) is 0 Å². The summed E-state index contributed by atoms with van der Waals surface area (Å²) in [6, 6.07) is 0.803. The van der Waals surface area contributed by atoms with Gasteiger partial charge in [0, 0.05) is 12.1 Å². The molecule has 0 amide bonds. The number of unbranched alkanes of at least 4 members (excludes halogenated alkanes) is 2. The minimum atomic E-state index is 0.281. The van der Waals surface area contributed by atoms with Crippen LogP contribution < -0.4 is 5.73 Å². The third-order valence-electron chi connectivity index (χ3n) is 2.93. The van der Waals surface area contributed by atoms with Crippen molar-refractivity contribution in [1.29, 1.82) is 0 Å². The van der Waals surface area contributed by atoms with Crippen molar-refractivity contribution < 1.29 is 0 Å². The van der Waals surface area contributed by atoms with Gasteiger partial charge in [-0.3, -0.25) is 4.90 Å². The summed E-state index contributed by atoms with van der Waals surface area (Å²) >= 11 is 0. The average Bonchev–Trinajstić information content (AvgIpc) is 2.17. The zero-order chi connectivity index (χ0) is 11.0. The van der Waals surface area contributed by atoms with Crippen molar-refractivity contribution in [3.05, 3.63) is 0 Å². The Hall–Kier alpha value is -0.0800. The molecular weight excluding hydrogens is 172 g/mol. The molecule has 0 aromatic carbocycles. The van der Waals surface area contributed by atoms with Gasteiger partial charge >= 0.3 is 0 Å². The largest absolute Gasteiger partial charge is 0.327 e. The first-order valence-corrected chi connectivity index (χ1v) is 6.13. The lowest BCUT2D eigenvalue weighted by Gasteiger charge is -2.31. The van der Waals surface area contributed by atoms with E-state index in [9.17, 15) is 0 Å². The highest BCUT2D eigenvalue weighted by molar-refractivity contribution is 4.74. The summed E-state index contributed by atoms with van der Waals surface area (Å²) < 4.78 is 0. The molecule has 2 atom stereocenters. The van der Waals surface area contributed by atoms with Gasteiger partial charge in [0.05, 0.1) is 0 Å². The van der Waals surface area contributed by atoms with E-state index in [1.165, 1.54) is 38.8 Å². The van der Waals surface area contributed by atoms with Gasteiger partial charge in [-0.15, -0.1) is 0 Å². The van der Waals surface area contributed by atoms with E-state index in [0.29, 0.717) is 6.04 Å². The van der Waals surface area contributed by atoms with E-state index in [1.54, 1.807) is 0 Å². The Labute approximate surface area is 89.9 Å². The van der Waals surface area contributed by atoms with Crippen LogP contribution >= 0.6 is 0 Å². The van der Waals surface area contributed by atoms with E-state index in [4.69, 9.17) is 5.73 Å². The van der Waals surface area contributed by atoms with Gasteiger partial charge in [-0.2, -0.15) is 0 Å². The van der Waals surface area contributed by atoms with Crippen molar-refractivity contribution in [3.63, 3.8) is 0 Å². The summed E-state index contributed by atoms with van der Waals surface area (Å²) in [5, 5.41) is 0. The molecule has 0 aliphatic rings. The Morgan fingerprint density at radius 2 is 1.43 bits per heavy atom. The molecular formula is C12H28N2. The summed E-state index contributed by atoms with van der Waals surface area (Å²) in [5.41, 5.74) is 5.94. The molecule has 0 saturated carbocycles. The summed E-state index contributed by atoms with van der Waals surface area (Å²) in [6.07, 6.45) is 5.13. The van der Waals surface area contributed by atoms with Gasteiger partial charge in [0.1, 0.15) is 0 Å². The first-order valence-electron chi connectivity index (χ1n) is 6.13. The Morgan fingerprint density at radius 3 is 1.71 bits per heavy atom. The fraction of sp³-hybridized carbons (Fsp3) is 1.00. The number of hydrogen-bond acceptors (Lipinski definition) is 2. The Bertz CT molecular complexity index is 115. The minimum absolute atomic E-state index is 0.281. The molecule has 0 saturated heterocycles. The van der Waals surface area contributed by atoms with Gasteiger partial charge in [-0.05, 0) is 39.8 Å². The molecule has 2 nitrogen and oxygen atoms in total. The Kier molecular flexibility index (Phi) is 8.20. The lowest BCUT2D eigenvalue weighted by atomic mass is 10.1. The molecule has 0 aliphatic heterocycles. The van der Waals surface area contributed by atoms with E-state index in [-0.39, 0.29) is 6.04 Å². The number of nitrogens with two attached hydrogens (primary N) is 1. The van der Waals surface area contributed by atoms with Crippen molar-refractivity contribution in [2.24, 2.45) is 5.73 Å². The lowest BCUT2D eigenvalue weighted by Crippen LogP contribution is -2.45. The van der Waals surface area contributed by atoms with Crippen LogP contribution in [0.2, 0.25) is 0 Å². The third kappa shape index (κ3) is 5.61. The normalized spacial score (nSPS) is 15.9. The van der Waals surface area contributed by atoms with Gasteiger partial charge in [-0.1, -0.05) is 26.7 Å². The van der Waals surface area contributed by atoms with Crippen molar-refractivity contribution in [2.45, 2.75) is 65.5 Å². The summed E-state index contributed by atoms with van der Waals surface area (Å²) in [5.74, 6) is 0. The van der Waals surface area contributed by atoms with Gasteiger partial charge in [-0.25, -0.2) is 0 Å². The number of rotatable bonds is 8. The average molecular weight is 200 g/mol. The van der Waals surface area contributed by atoms with Gasteiger partial charge in [0.2, 0.25) is 0 Å². The van der Waals surface area contributed by atoms with Crippen LogP contribution in [0.4, 0.5) is 0 Å². The maximum atomic E-state index is 5.94. The fourth-order valence-corrected chi connectivity index (χ4v) is 1.57. The van der Waals surface area contributed by atoms with Crippen LogP contribution in [0, 0.1) is 0 Å². The van der Waals surface area contributed by atoms with E-state index in [2.05, 4.69) is 32.6 Å². The predicted octanol–water partition coefficient (Wildman–Crippen LogP) is 2.62. The van der Waals surface area contributed by atoms with E-state index in [0.717, 1.165) is 0 Å². The maximum Gasteiger partial charge on any atom is 0.0216 e. The maximum absolute atomic E-state index is 5.94. The van der Waals surface area contributed by atoms with Crippen LogP contribution in [-0.4, -0.2) is 30.1 Å². The van der Waals surface area contributed by atoms with Crippen LogP contribution in [0.25, 0.3) is 0 Å². The SMILES string of the molecule is CCCCN(CCCC)C(C)C(C)N. The van der Waals surface area contributed by atoms with E-state index in [1.807, 2.05) is 0 Å². The molecule has 0 aromatic rings. The molecule has 86 valence electrons. The molecule has 0 aliphatic carbocycles. The zero-order valence-corrected chi connectivity index (χ0v) is 10.4. The Morgan fingerprint density at radius 1 is 1.00 bits per heavy atom. The smallest absolute Gasteiger partial charge is 0.0216 e. The second kappa shape index (κ2) is 8.25. The second-order valence-electron chi connectivity index (χ2n) is 4.34. The van der Waals surface area contributed by atoms with Crippen LogP contribution in [-0.2, 0) is 0 Å². The van der Waals surface area contributed by atoms with E-state index >= 15 is 0 Å². The molecule has 14 heavy (non-hydrogen) atoms. The molecule has 2 N–H and O–H groups in total. The predicted molar refractivity (Wildman–Crippen MR) is 64.5 cm³/mol. The summed E-state index contributed by atoms with van der Waals surface area (Å²) in [6.45, 7) is 11.3. The van der Waals surface area contributed by atoms with Crippen LogP contribution in [0.5, 0.6) is 0 Å². The van der Waals surface area contributed by atoms with Crippen molar-refractivity contribution in [2.75, 3.05) is 13.1 Å². The molecule has 0 heterocycles. The van der Waals surface area contributed by atoms with Gasteiger partial charge in [0.15, 0.2) is 0 Å². The van der Waals surface area contributed by atoms with Crippen molar-refractivity contribution >= 4 is 0 Å². The monoisotopic (exact) mass is 200 g/mol. The molecule has 2 unspecified atom stereocenters. The van der Waals surface area contributed by atoms with Gasteiger partial charge in [0.25, 0.3) is 0 Å². The van der Waals surface area contributed by atoms with Crippen LogP contribution in [0.3, 0.4) is 0 Å². The summed E-state index contributed by atoms with van der Waals surface area (Å²) in [7, 11) is 0. The van der Waals surface area contributed by atoms with Gasteiger partial charge < -0.3 is 5.73 Å². The van der Waals surface area contributed by atoms with Crippen LogP contribution in [0.1, 0.15) is 53.4 Å². The topological polar surface area (TPSA) is 29.3 Å². The lowest BCUT2D eigenvalue weighted by molar-refractivity contribution is 0.183. The standard InChI is InChI=1S/C12H28N2/c1-5-7-9-14(10-8-6-2)12(4)11(3)13/h11-12H,5-10,13H2,1-4H3. The zero-order valence-electron chi connectivity index (χ0n) is 10.4.